The Labute approximate surface area is 121 Å². The lowest BCUT2D eigenvalue weighted by Crippen LogP contribution is -2.33. The van der Waals surface area contributed by atoms with Gasteiger partial charge in [0.25, 0.3) is 0 Å². The van der Waals surface area contributed by atoms with Crippen LogP contribution in [0.4, 0.5) is 13.2 Å². The predicted octanol–water partition coefficient (Wildman–Crippen LogP) is 0.0616. The number of aromatic nitrogens is 3. The minimum Gasteiger partial charge on any atom is -0.394 e. The van der Waals surface area contributed by atoms with Crippen LogP contribution < -0.4 is 0 Å². The first-order valence-electron chi connectivity index (χ1n) is 6.35. The second-order valence-corrected chi connectivity index (χ2v) is 4.91. The summed E-state index contributed by atoms with van der Waals surface area (Å²) in [7, 11) is 0. The highest BCUT2D eigenvalue weighted by Crippen LogP contribution is 2.36. The molecule has 0 saturated carbocycles. The largest absolute Gasteiger partial charge is 0.434 e. The van der Waals surface area contributed by atoms with E-state index in [9.17, 15) is 23.4 Å². The first-order chi connectivity index (χ1) is 10.3. The van der Waals surface area contributed by atoms with Gasteiger partial charge in [-0.05, 0) is 6.07 Å². The SMILES string of the molecule is OC[C@H]1O[C@@H](n2ccc3c(C(F)(F)F)ncnc32)[C@H](O)[C@@H]1O. The van der Waals surface area contributed by atoms with Gasteiger partial charge in [0, 0.05) is 11.6 Å². The lowest BCUT2D eigenvalue weighted by Gasteiger charge is -2.17. The van der Waals surface area contributed by atoms with Gasteiger partial charge >= 0.3 is 6.18 Å². The summed E-state index contributed by atoms with van der Waals surface area (Å²) in [6, 6.07) is 1.16. The van der Waals surface area contributed by atoms with Crippen LogP contribution in [0.15, 0.2) is 18.6 Å². The van der Waals surface area contributed by atoms with Crippen LogP contribution in [0.5, 0.6) is 0 Å². The lowest BCUT2D eigenvalue weighted by molar-refractivity contribution is -0.139. The third-order valence-electron chi connectivity index (χ3n) is 3.57. The number of aliphatic hydroxyl groups excluding tert-OH is 3. The number of hydrogen-bond acceptors (Lipinski definition) is 6. The van der Waals surface area contributed by atoms with E-state index in [-0.39, 0.29) is 11.0 Å². The normalized spacial score (nSPS) is 29.4. The number of alkyl halides is 3. The standard InChI is InChI=1S/C12H12F3N3O4/c13-12(14,15)9-5-1-2-18(10(5)17-4-16-9)11-8(21)7(20)6(3-19)22-11/h1-2,4,6-8,11,19-21H,3H2/t6-,7-,8-,11-/m1/s1. The molecule has 0 bridgehead atoms. The summed E-state index contributed by atoms with van der Waals surface area (Å²) >= 11 is 0. The van der Waals surface area contributed by atoms with E-state index in [4.69, 9.17) is 9.84 Å². The first kappa shape index (κ1) is 15.2. The molecule has 0 amide bonds. The molecule has 2 aromatic heterocycles. The van der Waals surface area contributed by atoms with Crippen molar-refractivity contribution in [2.75, 3.05) is 6.61 Å². The molecular weight excluding hydrogens is 307 g/mol. The fraction of sp³-hybridized carbons (Fsp3) is 0.500. The van der Waals surface area contributed by atoms with Gasteiger partial charge in [-0.3, -0.25) is 0 Å². The maximum atomic E-state index is 12.9. The molecule has 3 N–H and O–H groups in total. The van der Waals surface area contributed by atoms with Crippen molar-refractivity contribution in [2.45, 2.75) is 30.7 Å². The minimum absolute atomic E-state index is 0.0860. The summed E-state index contributed by atoms with van der Waals surface area (Å²) < 4.78 is 45.2. The van der Waals surface area contributed by atoms with Crippen molar-refractivity contribution in [3.05, 3.63) is 24.3 Å². The van der Waals surface area contributed by atoms with Gasteiger partial charge in [0.15, 0.2) is 11.9 Å². The van der Waals surface area contributed by atoms with Gasteiger partial charge < -0.3 is 24.6 Å². The zero-order valence-electron chi connectivity index (χ0n) is 11.0. The summed E-state index contributed by atoms with van der Waals surface area (Å²) in [4.78, 5) is 7.03. The fourth-order valence-electron chi connectivity index (χ4n) is 2.51. The van der Waals surface area contributed by atoms with Crippen LogP contribution >= 0.6 is 0 Å². The van der Waals surface area contributed by atoms with Gasteiger partial charge in [-0.1, -0.05) is 0 Å². The third kappa shape index (κ3) is 2.24. The average molecular weight is 319 g/mol. The van der Waals surface area contributed by atoms with Crippen LogP contribution in [0.1, 0.15) is 11.9 Å². The highest BCUT2D eigenvalue weighted by atomic mass is 19.4. The molecule has 3 heterocycles. The van der Waals surface area contributed by atoms with Crippen LogP contribution in [0, 0.1) is 0 Å². The average Bonchev–Trinajstić information content (AvgIpc) is 3.00. The second-order valence-electron chi connectivity index (χ2n) is 4.91. The second kappa shape index (κ2) is 5.16. The molecule has 1 fully saturated rings. The molecule has 0 unspecified atom stereocenters. The summed E-state index contributed by atoms with van der Waals surface area (Å²) in [6.07, 6.45) is -7.55. The van der Waals surface area contributed by atoms with Crippen molar-refractivity contribution in [3.63, 3.8) is 0 Å². The quantitative estimate of drug-likeness (QED) is 0.724. The molecule has 2 aromatic rings. The van der Waals surface area contributed by atoms with Crippen molar-refractivity contribution < 1.29 is 33.2 Å². The molecule has 0 radical (unpaired) electrons. The van der Waals surface area contributed by atoms with Crippen LogP contribution in [-0.2, 0) is 10.9 Å². The molecule has 3 rings (SSSR count). The zero-order chi connectivity index (χ0) is 16.1. The van der Waals surface area contributed by atoms with Crippen LogP contribution in [-0.4, -0.2) is 54.8 Å². The maximum Gasteiger partial charge on any atom is 0.434 e. The van der Waals surface area contributed by atoms with Crippen LogP contribution in [0.3, 0.4) is 0 Å². The molecule has 120 valence electrons. The van der Waals surface area contributed by atoms with Crippen molar-refractivity contribution >= 4 is 11.0 Å². The molecule has 4 atom stereocenters. The number of hydrogen-bond donors (Lipinski definition) is 3. The predicted molar refractivity (Wildman–Crippen MR) is 65.5 cm³/mol. The van der Waals surface area contributed by atoms with Crippen LogP contribution in [0.2, 0.25) is 0 Å². The first-order valence-corrected chi connectivity index (χ1v) is 6.35. The van der Waals surface area contributed by atoms with Gasteiger partial charge in [0.1, 0.15) is 30.3 Å². The number of fused-ring (bicyclic) bond motifs is 1. The topological polar surface area (TPSA) is 101 Å². The number of aliphatic hydroxyl groups is 3. The smallest absolute Gasteiger partial charge is 0.394 e. The number of ether oxygens (including phenoxy) is 1. The summed E-state index contributed by atoms with van der Waals surface area (Å²) in [5.74, 6) is 0. The molecular formula is C12H12F3N3O4. The minimum atomic E-state index is -4.64. The molecule has 0 aromatic carbocycles. The zero-order valence-corrected chi connectivity index (χ0v) is 11.0. The Bertz CT molecular complexity index is 690. The van der Waals surface area contributed by atoms with E-state index < -0.39 is 43.0 Å². The molecule has 0 spiro atoms. The molecule has 1 aliphatic heterocycles. The molecule has 7 nitrogen and oxygen atoms in total. The Kier molecular flexibility index (Phi) is 3.56. The lowest BCUT2D eigenvalue weighted by atomic mass is 10.1. The molecule has 22 heavy (non-hydrogen) atoms. The van der Waals surface area contributed by atoms with E-state index >= 15 is 0 Å². The summed E-state index contributed by atoms with van der Waals surface area (Å²) in [5, 5.41) is 28.5. The monoisotopic (exact) mass is 319 g/mol. The Hall–Kier alpha value is -1.75. The summed E-state index contributed by atoms with van der Waals surface area (Å²) in [5.41, 5.74) is -1.18. The van der Waals surface area contributed by atoms with Gasteiger partial charge in [0.05, 0.1) is 6.61 Å². The van der Waals surface area contributed by atoms with E-state index in [1.54, 1.807) is 0 Å². The van der Waals surface area contributed by atoms with Crippen molar-refractivity contribution in [3.8, 4) is 0 Å². The summed E-state index contributed by atoms with van der Waals surface area (Å²) in [6.45, 7) is -0.531. The highest BCUT2D eigenvalue weighted by molar-refractivity contribution is 5.79. The van der Waals surface area contributed by atoms with Crippen molar-refractivity contribution in [2.24, 2.45) is 0 Å². The highest BCUT2D eigenvalue weighted by Gasteiger charge is 2.44. The van der Waals surface area contributed by atoms with E-state index in [2.05, 4.69) is 9.97 Å². The molecule has 0 aliphatic carbocycles. The molecule has 1 aliphatic rings. The van der Waals surface area contributed by atoms with Gasteiger partial charge in [-0.15, -0.1) is 0 Å². The van der Waals surface area contributed by atoms with E-state index in [1.807, 2.05) is 0 Å². The van der Waals surface area contributed by atoms with E-state index in [0.717, 1.165) is 12.4 Å². The fourth-order valence-corrected chi connectivity index (χ4v) is 2.51. The van der Waals surface area contributed by atoms with E-state index in [0.29, 0.717) is 0 Å². The Morgan fingerprint density at radius 3 is 2.55 bits per heavy atom. The maximum absolute atomic E-state index is 12.9. The molecule has 1 saturated heterocycles. The number of halogens is 3. The Balaban J connectivity index is 2.07. The molecule has 10 heteroatoms. The van der Waals surface area contributed by atoms with Crippen molar-refractivity contribution in [1.29, 1.82) is 0 Å². The number of rotatable bonds is 2. The van der Waals surface area contributed by atoms with Crippen molar-refractivity contribution in [1.82, 2.24) is 14.5 Å². The van der Waals surface area contributed by atoms with Crippen LogP contribution in [0.25, 0.3) is 11.0 Å². The Morgan fingerprint density at radius 1 is 1.23 bits per heavy atom. The van der Waals surface area contributed by atoms with Gasteiger partial charge in [-0.25, -0.2) is 9.97 Å². The third-order valence-corrected chi connectivity index (χ3v) is 3.57. The number of nitrogens with zero attached hydrogens (tertiary/aromatic N) is 3. The van der Waals surface area contributed by atoms with Gasteiger partial charge in [0.2, 0.25) is 0 Å². The Morgan fingerprint density at radius 2 is 1.95 bits per heavy atom. The van der Waals surface area contributed by atoms with Gasteiger partial charge in [-0.2, -0.15) is 13.2 Å². The van der Waals surface area contributed by atoms with E-state index in [1.165, 1.54) is 10.8 Å².